The van der Waals surface area contributed by atoms with E-state index in [0.717, 1.165) is 18.6 Å². The normalized spacial score (nSPS) is 10.6. The van der Waals surface area contributed by atoms with E-state index in [0.29, 0.717) is 6.10 Å². The predicted octanol–water partition coefficient (Wildman–Crippen LogP) is 4.17. The van der Waals surface area contributed by atoms with Gasteiger partial charge in [0, 0.05) is 3.57 Å². The Morgan fingerprint density at radius 3 is 2.43 bits per heavy atom. The fraction of sp³-hybridized carbons (Fsp3) is 0.500. The molecule has 0 aliphatic rings. The molecule has 14 heavy (non-hydrogen) atoms. The molecule has 1 nitrogen and oxygen atoms in total. The van der Waals surface area contributed by atoms with Gasteiger partial charge in [-0.25, -0.2) is 0 Å². The molecule has 0 fully saturated rings. The van der Waals surface area contributed by atoms with E-state index in [2.05, 4.69) is 61.6 Å². The second kappa shape index (κ2) is 5.59. The number of benzene rings is 1. The Morgan fingerprint density at radius 2 is 1.93 bits per heavy atom. The van der Waals surface area contributed by atoms with Crippen molar-refractivity contribution in [3.8, 4) is 5.75 Å². The minimum Gasteiger partial charge on any atom is -0.490 e. The van der Waals surface area contributed by atoms with Crippen molar-refractivity contribution in [2.45, 2.75) is 39.7 Å². The molecule has 0 bridgehead atoms. The summed E-state index contributed by atoms with van der Waals surface area (Å²) < 4.78 is 7.16. The molecule has 0 aliphatic heterocycles. The first-order valence-corrected chi connectivity index (χ1v) is 6.18. The molecule has 0 atom stereocenters. The van der Waals surface area contributed by atoms with Gasteiger partial charge in [-0.2, -0.15) is 0 Å². The van der Waals surface area contributed by atoms with Crippen LogP contribution in [0.5, 0.6) is 5.75 Å². The zero-order valence-corrected chi connectivity index (χ0v) is 11.2. The summed E-state index contributed by atoms with van der Waals surface area (Å²) in [6.07, 6.45) is 2.50. The second-order valence-electron chi connectivity index (χ2n) is 3.47. The molecular weight excluding hydrogens is 287 g/mol. The summed E-state index contributed by atoms with van der Waals surface area (Å²) in [6, 6.07) is 6.30. The topological polar surface area (TPSA) is 9.23 Å². The van der Waals surface area contributed by atoms with Crippen molar-refractivity contribution in [3.05, 3.63) is 27.3 Å². The average molecular weight is 304 g/mol. The standard InChI is InChI=1S/C12H17IO/c1-4-11(5-2)14-12-7-6-10(13)8-9(12)3/h6-8,11H,4-5H2,1-3H3. The second-order valence-corrected chi connectivity index (χ2v) is 4.71. The molecule has 2 heteroatoms. The molecule has 0 amide bonds. The maximum Gasteiger partial charge on any atom is 0.122 e. The molecule has 0 saturated carbocycles. The number of rotatable bonds is 4. The van der Waals surface area contributed by atoms with Crippen molar-refractivity contribution in [1.82, 2.24) is 0 Å². The molecule has 0 saturated heterocycles. The highest BCUT2D eigenvalue weighted by molar-refractivity contribution is 14.1. The van der Waals surface area contributed by atoms with Crippen LogP contribution >= 0.6 is 22.6 Å². The summed E-state index contributed by atoms with van der Waals surface area (Å²) in [5.41, 5.74) is 1.23. The summed E-state index contributed by atoms with van der Waals surface area (Å²) in [7, 11) is 0. The van der Waals surface area contributed by atoms with Crippen molar-refractivity contribution < 1.29 is 4.74 Å². The Hall–Kier alpha value is -0.250. The van der Waals surface area contributed by atoms with Gasteiger partial charge in [0.05, 0.1) is 6.10 Å². The molecule has 78 valence electrons. The largest absolute Gasteiger partial charge is 0.490 e. The van der Waals surface area contributed by atoms with Crippen LogP contribution in [0.4, 0.5) is 0 Å². The van der Waals surface area contributed by atoms with Crippen LogP contribution in [0, 0.1) is 10.5 Å². The van der Waals surface area contributed by atoms with Crippen molar-refractivity contribution in [2.24, 2.45) is 0 Å². The molecule has 0 heterocycles. The van der Waals surface area contributed by atoms with Crippen molar-refractivity contribution in [2.75, 3.05) is 0 Å². The van der Waals surface area contributed by atoms with E-state index in [-0.39, 0.29) is 0 Å². The predicted molar refractivity (Wildman–Crippen MR) is 68.9 cm³/mol. The lowest BCUT2D eigenvalue weighted by atomic mass is 10.2. The highest BCUT2D eigenvalue weighted by atomic mass is 127. The van der Waals surface area contributed by atoms with E-state index in [4.69, 9.17) is 4.74 Å². The molecule has 1 aromatic rings. The Balaban J connectivity index is 2.76. The van der Waals surface area contributed by atoms with Gasteiger partial charge in [-0.15, -0.1) is 0 Å². The Kier molecular flexibility index (Phi) is 4.72. The van der Waals surface area contributed by atoms with Gasteiger partial charge in [0.15, 0.2) is 0 Å². The maximum atomic E-state index is 5.90. The number of ether oxygens (including phenoxy) is 1. The van der Waals surface area contributed by atoms with Crippen LogP contribution < -0.4 is 4.74 Å². The van der Waals surface area contributed by atoms with E-state index in [1.165, 1.54) is 9.13 Å². The van der Waals surface area contributed by atoms with Crippen LogP contribution in [-0.4, -0.2) is 6.10 Å². The molecule has 0 N–H and O–H groups in total. The third kappa shape index (κ3) is 3.15. The monoisotopic (exact) mass is 304 g/mol. The first-order valence-electron chi connectivity index (χ1n) is 5.10. The minimum absolute atomic E-state index is 0.355. The Bertz CT molecular complexity index is 292. The lowest BCUT2D eigenvalue weighted by Gasteiger charge is -2.17. The lowest BCUT2D eigenvalue weighted by Crippen LogP contribution is -2.14. The molecule has 0 spiro atoms. The van der Waals surface area contributed by atoms with E-state index in [1.807, 2.05) is 0 Å². The molecule has 0 radical (unpaired) electrons. The van der Waals surface area contributed by atoms with Crippen LogP contribution in [0.2, 0.25) is 0 Å². The van der Waals surface area contributed by atoms with Gasteiger partial charge in [-0.3, -0.25) is 0 Å². The fourth-order valence-electron chi connectivity index (χ4n) is 1.38. The lowest BCUT2D eigenvalue weighted by molar-refractivity contribution is 0.191. The summed E-state index contributed by atoms with van der Waals surface area (Å²) in [4.78, 5) is 0. The summed E-state index contributed by atoms with van der Waals surface area (Å²) >= 11 is 2.32. The minimum atomic E-state index is 0.355. The molecule has 0 aliphatic carbocycles. The van der Waals surface area contributed by atoms with Crippen molar-refractivity contribution >= 4 is 22.6 Å². The van der Waals surface area contributed by atoms with E-state index in [1.54, 1.807) is 0 Å². The Labute approximate surface area is 100.0 Å². The van der Waals surface area contributed by atoms with Crippen molar-refractivity contribution in [3.63, 3.8) is 0 Å². The van der Waals surface area contributed by atoms with Gasteiger partial charge < -0.3 is 4.74 Å². The van der Waals surface area contributed by atoms with E-state index < -0.39 is 0 Å². The van der Waals surface area contributed by atoms with E-state index >= 15 is 0 Å². The summed E-state index contributed by atoms with van der Waals surface area (Å²) in [5, 5.41) is 0. The van der Waals surface area contributed by atoms with Gasteiger partial charge in [-0.05, 0) is 66.1 Å². The SMILES string of the molecule is CCC(CC)Oc1ccc(I)cc1C. The highest BCUT2D eigenvalue weighted by Gasteiger charge is 2.07. The van der Waals surface area contributed by atoms with Gasteiger partial charge in [0.2, 0.25) is 0 Å². The quantitative estimate of drug-likeness (QED) is 0.759. The zero-order chi connectivity index (χ0) is 10.6. The van der Waals surface area contributed by atoms with Gasteiger partial charge in [0.25, 0.3) is 0 Å². The molecule has 0 unspecified atom stereocenters. The van der Waals surface area contributed by atoms with Gasteiger partial charge in [-0.1, -0.05) is 13.8 Å². The summed E-state index contributed by atoms with van der Waals surface area (Å²) in [6.45, 7) is 6.42. The zero-order valence-electron chi connectivity index (χ0n) is 9.01. The average Bonchev–Trinajstić information content (AvgIpc) is 2.17. The first kappa shape index (κ1) is 11.8. The van der Waals surface area contributed by atoms with Crippen molar-refractivity contribution in [1.29, 1.82) is 0 Å². The Morgan fingerprint density at radius 1 is 1.29 bits per heavy atom. The third-order valence-corrected chi connectivity index (χ3v) is 3.01. The highest BCUT2D eigenvalue weighted by Crippen LogP contribution is 2.22. The molecule has 1 rings (SSSR count). The first-order chi connectivity index (χ1) is 6.67. The number of hydrogen-bond donors (Lipinski definition) is 0. The van der Waals surface area contributed by atoms with Crippen LogP contribution in [0.25, 0.3) is 0 Å². The van der Waals surface area contributed by atoms with Gasteiger partial charge >= 0.3 is 0 Å². The smallest absolute Gasteiger partial charge is 0.122 e. The fourth-order valence-corrected chi connectivity index (χ4v) is 2.03. The molecule has 0 aromatic heterocycles. The van der Waals surface area contributed by atoms with Crippen LogP contribution in [0.3, 0.4) is 0 Å². The summed E-state index contributed by atoms with van der Waals surface area (Å²) in [5.74, 6) is 1.03. The molecule has 1 aromatic carbocycles. The molecular formula is C12H17IO. The maximum absolute atomic E-state index is 5.90. The number of halogens is 1. The van der Waals surface area contributed by atoms with Crippen LogP contribution in [-0.2, 0) is 0 Å². The third-order valence-electron chi connectivity index (χ3n) is 2.34. The van der Waals surface area contributed by atoms with Crippen LogP contribution in [0.1, 0.15) is 32.3 Å². The van der Waals surface area contributed by atoms with Gasteiger partial charge in [0.1, 0.15) is 5.75 Å². The number of aryl methyl sites for hydroxylation is 1. The van der Waals surface area contributed by atoms with E-state index in [9.17, 15) is 0 Å². The van der Waals surface area contributed by atoms with Crippen LogP contribution in [0.15, 0.2) is 18.2 Å². The number of hydrogen-bond acceptors (Lipinski definition) is 1.